The van der Waals surface area contributed by atoms with Crippen molar-refractivity contribution in [2.24, 2.45) is 0 Å². The fourth-order valence-electron chi connectivity index (χ4n) is 1.03. The minimum absolute atomic E-state index is 0.0257. The molecule has 2 rings (SSSR count). The van der Waals surface area contributed by atoms with E-state index in [2.05, 4.69) is 19.8 Å². The molecule has 2 heterocycles. The van der Waals surface area contributed by atoms with Crippen LogP contribution in [-0.4, -0.2) is 26.7 Å². The first-order valence-corrected chi connectivity index (χ1v) is 3.61. The minimum Gasteiger partial charge on any atom is -0.479 e. The Morgan fingerprint density at radius 3 is 2.93 bits per heavy atom. The Hall–Kier alpha value is -2.12. The summed E-state index contributed by atoms with van der Waals surface area (Å²) in [4.78, 5) is 18.5. The van der Waals surface area contributed by atoms with Crippen LogP contribution in [0.3, 0.4) is 0 Å². The van der Waals surface area contributed by atoms with E-state index in [9.17, 15) is 9.18 Å². The van der Waals surface area contributed by atoms with E-state index in [1.54, 1.807) is 0 Å². The highest BCUT2D eigenvalue weighted by Gasteiger charge is 2.14. The maximum absolute atomic E-state index is 13.1. The van der Waals surface area contributed by atoms with Crippen LogP contribution in [0.4, 0.5) is 10.3 Å². The van der Waals surface area contributed by atoms with Crippen molar-refractivity contribution in [2.45, 2.75) is 0 Å². The Balaban J connectivity index is 2.91. The van der Waals surface area contributed by atoms with Crippen molar-refractivity contribution >= 4 is 11.7 Å². The van der Waals surface area contributed by atoms with Gasteiger partial charge in [-0.3, -0.25) is 9.89 Å². The predicted molar refractivity (Wildman–Crippen MR) is 44.5 cm³/mol. The zero-order valence-electron chi connectivity index (χ0n) is 7.11. The molecule has 0 fully saturated rings. The van der Waals surface area contributed by atoms with Gasteiger partial charge in [0.25, 0.3) is 17.5 Å². The van der Waals surface area contributed by atoms with Gasteiger partial charge in [-0.15, -0.1) is 0 Å². The van der Waals surface area contributed by atoms with Crippen LogP contribution < -0.4 is 16.0 Å². The van der Waals surface area contributed by atoms with Crippen LogP contribution in [0.25, 0.3) is 5.78 Å². The maximum Gasteiger partial charge on any atom is 0.314 e. The van der Waals surface area contributed by atoms with Crippen molar-refractivity contribution in [3.05, 3.63) is 16.2 Å². The van der Waals surface area contributed by atoms with Gasteiger partial charge in [-0.1, -0.05) is 0 Å². The lowest BCUT2D eigenvalue weighted by molar-refractivity contribution is 0.364. The van der Waals surface area contributed by atoms with Gasteiger partial charge in [-0.05, 0) is 0 Å². The van der Waals surface area contributed by atoms with Gasteiger partial charge in [0.15, 0.2) is 0 Å². The number of anilines is 1. The van der Waals surface area contributed by atoms with Gasteiger partial charge in [0.05, 0.1) is 7.11 Å². The molecular weight excluding hydrogens is 193 g/mol. The Labute approximate surface area is 76.3 Å². The largest absolute Gasteiger partial charge is 0.479 e. The van der Waals surface area contributed by atoms with Crippen molar-refractivity contribution in [1.82, 2.24) is 19.6 Å². The summed E-state index contributed by atoms with van der Waals surface area (Å²) < 4.78 is 18.5. The first kappa shape index (κ1) is 8.48. The molecule has 8 heteroatoms. The molecular formula is C6H6FN5O2. The van der Waals surface area contributed by atoms with Gasteiger partial charge in [-0.2, -0.15) is 18.9 Å². The number of halogens is 1. The summed E-state index contributed by atoms with van der Waals surface area (Å²) in [6, 6.07) is 0. The number of rotatable bonds is 1. The molecule has 3 N–H and O–H groups in total. The summed E-state index contributed by atoms with van der Waals surface area (Å²) >= 11 is 0. The molecule has 2 aromatic heterocycles. The highest BCUT2D eigenvalue weighted by atomic mass is 19.1. The van der Waals surface area contributed by atoms with Crippen LogP contribution in [0.15, 0.2) is 4.79 Å². The van der Waals surface area contributed by atoms with Gasteiger partial charge in [0.1, 0.15) is 0 Å². The number of ether oxygens (including phenoxy) is 1. The van der Waals surface area contributed by atoms with Gasteiger partial charge >= 0.3 is 5.56 Å². The number of hydrogen-bond acceptors (Lipinski definition) is 5. The second kappa shape index (κ2) is 2.69. The quantitative estimate of drug-likeness (QED) is 0.623. The van der Waals surface area contributed by atoms with Crippen LogP contribution in [0.1, 0.15) is 0 Å². The standard InChI is InChI=1S/C6H6FN5O2/c1-14-3-2(7)4(13)12-6(9-3)10-5(8)11-12/h1H3,(H3,8,9,10,11). The van der Waals surface area contributed by atoms with E-state index in [4.69, 9.17) is 5.73 Å². The van der Waals surface area contributed by atoms with Gasteiger partial charge in [-0.25, -0.2) is 0 Å². The summed E-state index contributed by atoms with van der Waals surface area (Å²) in [5.41, 5.74) is 4.34. The molecule has 0 saturated carbocycles. The molecule has 0 unspecified atom stereocenters. The van der Waals surface area contributed by atoms with E-state index in [0.29, 0.717) is 0 Å². The predicted octanol–water partition coefficient (Wildman–Crippen LogP) is -0.853. The van der Waals surface area contributed by atoms with Crippen molar-refractivity contribution in [2.75, 3.05) is 12.8 Å². The van der Waals surface area contributed by atoms with Crippen LogP contribution >= 0.6 is 0 Å². The number of nitrogens with two attached hydrogens (primary N) is 1. The van der Waals surface area contributed by atoms with E-state index in [-0.39, 0.29) is 11.7 Å². The molecule has 0 saturated heterocycles. The third kappa shape index (κ3) is 1.00. The summed E-state index contributed by atoms with van der Waals surface area (Å²) in [6.07, 6.45) is 0. The number of hydrogen-bond donors (Lipinski definition) is 2. The third-order valence-corrected chi connectivity index (χ3v) is 1.62. The SMILES string of the molecule is COc1nc2nc(N)[nH]n2c(=O)c1F. The molecule has 0 aliphatic heterocycles. The molecule has 0 aliphatic carbocycles. The molecule has 0 atom stereocenters. The van der Waals surface area contributed by atoms with E-state index < -0.39 is 17.3 Å². The van der Waals surface area contributed by atoms with Crippen molar-refractivity contribution in [3.8, 4) is 5.88 Å². The Morgan fingerprint density at radius 1 is 1.57 bits per heavy atom. The molecule has 0 aliphatic rings. The Morgan fingerprint density at radius 2 is 2.29 bits per heavy atom. The first-order valence-electron chi connectivity index (χ1n) is 3.61. The molecule has 7 nitrogen and oxygen atoms in total. The topological polar surface area (TPSA) is 98.3 Å². The molecule has 0 spiro atoms. The van der Waals surface area contributed by atoms with Gasteiger partial charge in [0.2, 0.25) is 5.95 Å². The second-order valence-electron chi connectivity index (χ2n) is 2.48. The lowest BCUT2D eigenvalue weighted by Crippen LogP contribution is -2.20. The smallest absolute Gasteiger partial charge is 0.314 e. The number of fused-ring (bicyclic) bond motifs is 1. The molecule has 74 valence electrons. The van der Waals surface area contributed by atoms with Gasteiger partial charge < -0.3 is 10.5 Å². The number of methoxy groups -OCH3 is 1. The third-order valence-electron chi connectivity index (χ3n) is 1.62. The summed E-state index contributed by atoms with van der Waals surface area (Å²) in [7, 11) is 1.21. The second-order valence-corrected chi connectivity index (χ2v) is 2.48. The zero-order chi connectivity index (χ0) is 10.3. The first-order chi connectivity index (χ1) is 6.63. The fourth-order valence-corrected chi connectivity index (χ4v) is 1.03. The number of aromatic nitrogens is 4. The fraction of sp³-hybridized carbons (Fsp3) is 0.167. The van der Waals surface area contributed by atoms with Crippen molar-refractivity contribution < 1.29 is 9.13 Å². The monoisotopic (exact) mass is 199 g/mol. The van der Waals surface area contributed by atoms with Crippen molar-refractivity contribution in [1.29, 1.82) is 0 Å². The number of aromatic amines is 1. The Kier molecular flexibility index (Phi) is 1.63. The summed E-state index contributed by atoms with van der Waals surface area (Å²) in [6.45, 7) is 0. The van der Waals surface area contributed by atoms with Crippen LogP contribution in [-0.2, 0) is 0 Å². The lowest BCUT2D eigenvalue weighted by Gasteiger charge is -1.98. The summed E-state index contributed by atoms with van der Waals surface area (Å²) in [5.74, 6) is -1.55. The van der Waals surface area contributed by atoms with Crippen LogP contribution in [0, 0.1) is 5.82 Å². The molecule has 14 heavy (non-hydrogen) atoms. The molecule has 0 bridgehead atoms. The average molecular weight is 199 g/mol. The van der Waals surface area contributed by atoms with E-state index in [0.717, 1.165) is 4.52 Å². The highest BCUT2D eigenvalue weighted by Crippen LogP contribution is 2.09. The van der Waals surface area contributed by atoms with E-state index in [1.807, 2.05) is 0 Å². The molecule has 0 radical (unpaired) electrons. The molecule has 2 aromatic rings. The number of H-pyrrole nitrogens is 1. The van der Waals surface area contributed by atoms with Gasteiger partial charge in [0, 0.05) is 0 Å². The number of nitrogens with one attached hydrogen (secondary N) is 1. The van der Waals surface area contributed by atoms with Crippen LogP contribution in [0.5, 0.6) is 5.88 Å². The van der Waals surface area contributed by atoms with E-state index in [1.165, 1.54) is 7.11 Å². The highest BCUT2D eigenvalue weighted by molar-refractivity contribution is 5.36. The Bertz CT molecular complexity index is 545. The summed E-state index contributed by atoms with van der Waals surface area (Å²) in [5, 5.41) is 2.33. The van der Waals surface area contributed by atoms with Crippen molar-refractivity contribution in [3.63, 3.8) is 0 Å². The lowest BCUT2D eigenvalue weighted by atomic mass is 10.6. The van der Waals surface area contributed by atoms with Crippen LogP contribution in [0.2, 0.25) is 0 Å². The van der Waals surface area contributed by atoms with E-state index >= 15 is 0 Å². The molecule has 0 aromatic carbocycles. The average Bonchev–Trinajstić information content (AvgIpc) is 2.52. The normalized spacial score (nSPS) is 10.7. The number of nitrogens with zero attached hydrogens (tertiary/aromatic N) is 3. The zero-order valence-corrected chi connectivity index (χ0v) is 7.11. The minimum atomic E-state index is -1.09. The maximum atomic E-state index is 13.1. The molecule has 0 amide bonds. The number of nitrogen functional groups attached to an aromatic ring is 1.